The number of rotatable bonds is 7. The number of carbonyl (C=O) groups excluding carboxylic acids is 2. The molecular formula is C26H39F3N4O4S. The zero-order valence-electron chi connectivity index (χ0n) is 21.5. The number of nitrogens with zero attached hydrogens (tertiary/aromatic N) is 3. The summed E-state index contributed by atoms with van der Waals surface area (Å²) in [6.45, 7) is 4.25. The number of piperidine rings is 1. The van der Waals surface area contributed by atoms with Crippen molar-refractivity contribution in [1.29, 1.82) is 0 Å². The molecule has 1 aromatic rings. The lowest BCUT2D eigenvalue weighted by Crippen LogP contribution is -2.59. The fourth-order valence-electron chi connectivity index (χ4n) is 5.55. The molecule has 8 nitrogen and oxygen atoms in total. The Hall–Kier alpha value is -2.18. The molecule has 1 N–H and O–H groups in total. The van der Waals surface area contributed by atoms with Crippen LogP contribution in [0.3, 0.4) is 0 Å². The van der Waals surface area contributed by atoms with Gasteiger partial charge in [-0.3, -0.25) is 9.59 Å². The lowest BCUT2D eigenvalue weighted by molar-refractivity contribution is -0.137. The van der Waals surface area contributed by atoms with Gasteiger partial charge in [0.25, 0.3) is 10.2 Å². The standard InChI is InChI=1S/C17H29N3O3S.C9H8F3NO.H2/c21-17(18-8-1-2-9-18)15-7-4-10-19(11-15)24(22,23)20-12-16(13-20)14-5-3-6-14;10-9(11,12)8-3-1-7(2-4-8)5-13-6-14;/h14-16H,1-13H2;1-4,6H,5H2,(H,13,14);1H/t15-;;/m0../s1. The maximum atomic E-state index is 12.9. The molecule has 0 aromatic heterocycles. The van der Waals surface area contributed by atoms with Crippen molar-refractivity contribution in [3.8, 4) is 0 Å². The molecule has 1 saturated carbocycles. The summed E-state index contributed by atoms with van der Waals surface area (Å²) < 4.78 is 65.2. The van der Waals surface area contributed by atoms with Gasteiger partial charge in [0.15, 0.2) is 0 Å². The van der Waals surface area contributed by atoms with Crippen LogP contribution in [0.2, 0.25) is 0 Å². The minimum Gasteiger partial charge on any atom is -0.355 e. The molecule has 3 saturated heterocycles. The van der Waals surface area contributed by atoms with E-state index in [0.717, 1.165) is 56.8 Å². The maximum Gasteiger partial charge on any atom is 0.416 e. The lowest BCUT2D eigenvalue weighted by Gasteiger charge is -2.47. The number of hydrogen-bond acceptors (Lipinski definition) is 4. The molecule has 0 spiro atoms. The van der Waals surface area contributed by atoms with Gasteiger partial charge in [-0.25, -0.2) is 0 Å². The second-order valence-electron chi connectivity index (χ2n) is 10.7. The minimum absolute atomic E-state index is 0. The normalized spacial score (nSPS) is 23.7. The SMILES string of the molecule is O=C([C@H]1CCCN(S(=O)(=O)N2CC(C3CCC3)C2)C1)N1CCCC1.O=CNCc1ccc(C(F)(F)F)cc1.[HH]. The van der Waals surface area contributed by atoms with Gasteiger partial charge in [0.2, 0.25) is 12.3 Å². The van der Waals surface area contributed by atoms with Crippen LogP contribution in [0.4, 0.5) is 13.2 Å². The van der Waals surface area contributed by atoms with Crippen molar-refractivity contribution in [1.82, 2.24) is 18.8 Å². The van der Waals surface area contributed by atoms with Crippen molar-refractivity contribution in [3.63, 3.8) is 0 Å². The summed E-state index contributed by atoms with van der Waals surface area (Å²) in [4.78, 5) is 24.4. The number of benzene rings is 1. The second-order valence-corrected chi connectivity index (χ2v) is 12.6. The van der Waals surface area contributed by atoms with E-state index in [1.165, 1.54) is 31.4 Å². The monoisotopic (exact) mass is 560 g/mol. The third-order valence-corrected chi connectivity index (χ3v) is 10.1. The molecule has 12 heteroatoms. The number of alkyl halides is 3. The zero-order chi connectivity index (χ0) is 27.3. The zero-order valence-corrected chi connectivity index (χ0v) is 22.4. The van der Waals surface area contributed by atoms with Gasteiger partial charge in [-0.2, -0.15) is 30.2 Å². The van der Waals surface area contributed by atoms with E-state index in [-0.39, 0.29) is 19.8 Å². The third kappa shape index (κ3) is 6.87. The Labute approximate surface area is 224 Å². The number of likely N-dealkylation sites (tertiary alicyclic amines) is 1. The smallest absolute Gasteiger partial charge is 0.355 e. The molecular weight excluding hydrogens is 521 g/mol. The molecule has 3 heterocycles. The van der Waals surface area contributed by atoms with Gasteiger partial charge in [-0.15, -0.1) is 0 Å². The van der Waals surface area contributed by atoms with Crippen LogP contribution < -0.4 is 5.32 Å². The summed E-state index contributed by atoms with van der Waals surface area (Å²) in [5.74, 6) is 1.35. The van der Waals surface area contributed by atoms with Crippen LogP contribution in [0.25, 0.3) is 0 Å². The number of hydrogen-bond donors (Lipinski definition) is 1. The van der Waals surface area contributed by atoms with Crippen LogP contribution in [0.5, 0.6) is 0 Å². The Morgan fingerprint density at radius 2 is 1.58 bits per heavy atom. The average molecular weight is 561 g/mol. The van der Waals surface area contributed by atoms with Gasteiger partial charge in [0, 0.05) is 47.2 Å². The molecule has 0 radical (unpaired) electrons. The fraction of sp³-hybridized carbons (Fsp3) is 0.692. The molecule has 3 aliphatic heterocycles. The fourth-order valence-corrected chi connectivity index (χ4v) is 7.37. The van der Waals surface area contributed by atoms with E-state index in [0.29, 0.717) is 44.1 Å². The minimum atomic E-state index is -4.31. The van der Waals surface area contributed by atoms with Gasteiger partial charge in [0.1, 0.15) is 0 Å². The van der Waals surface area contributed by atoms with Crippen LogP contribution in [-0.4, -0.2) is 73.5 Å². The van der Waals surface area contributed by atoms with E-state index in [4.69, 9.17) is 0 Å². The molecule has 1 aliphatic carbocycles. The van der Waals surface area contributed by atoms with Crippen LogP contribution >= 0.6 is 0 Å². The van der Waals surface area contributed by atoms with Gasteiger partial charge < -0.3 is 10.2 Å². The number of halogens is 3. The molecule has 0 bridgehead atoms. The molecule has 0 unspecified atom stereocenters. The molecule has 38 heavy (non-hydrogen) atoms. The van der Waals surface area contributed by atoms with E-state index >= 15 is 0 Å². The summed E-state index contributed by atoms with van der Waals surface area (Å²) in [5, 5.41) is 2.36. The average Bonchev–Trinajstić information content (AvgIpc) is 3.38. The Morgan fingerprint density at radius 3 is 2.13 bits per heavy atom. The third-order valence-electron chi connectivity index (χ3n) is 8.17. The van der Waals surface area contributed by atoms with Gasteiger partial charge in [0.05, 0.1) is 11.5 Å². The van der Waals surface area contributed by atoms with Crippen molar-refractivity contribution in [2.24, 2.45) is 17.8 Å². The number of nitrogens with one attached hydrogen (secondary N) is 1. The Balaban J connectivity index is 0.000000242. The Kier molecular flexibility index (Phi) is 9.36. The van der Waals surface area contributed by atoms with Crippen LogP contribution in [-0.2, 0) is 32.5 Å². The molecule has 4 fully saturated rings. The summed E-state index contributed by atoms with van der Waals surface area (Å²) >= 11 is 0. The lowest BCUT2D eigenvalue weighted by atomic mass is 9.73. The first-order valence-electron chi connectivity index (χ1n) is 13.5. The summed E-state index contributed by atoms with van der Waals surface area (Å²) in [6.07, 6.45) is 3.82. The predicted molar refractivity (Wildman–Crippen MR) is 138 cm³/mol. The Morgan fingerprint density at radius 1 is 0.921 bits per heavy atom. The largest absolute Gasteiger partial charge is 0.416 e. The quantitative estimate of drug-likeness (QED) is 0.517. The first-order chi connectivity index (χ1) is 18.1. The van der Waals surface area contributed by atoms with Crippen molar-refractivity contribution < 1.29 is 32.6 Å². The highest BCUT2D eigenvalue weighted by Crippen LogP contribution is 2.40. The highest BCUT2D eigenvalue weighted by molar-refractivity contribution is 7.86. The van der Waals surface area contributed by atoms with Gasteiger partial charge >= 0.3 is 6.18 Å². The van der Waals surface area contributed by atoms with Crippen molar-refractivity contribution in [3.05, 3.63) is 35.4 Å². The van der Waals surface area contributed by atoms with Gasteiger partial charge in [-0.05, 0) is 55.2 Å². The van der Waals surface area contributed by atoms with Crippen molar-refractivity contribution >= 4 is 22.5 Å². The highest BCUT2D eigenvalue weighted by Gasteiger charge is 2.45. The molecule has 5 rings (SSSR count). The van der Waals surface area contributed by atoms with E-state index in [1.54, 1.807) is 8.61 Å². The topological polar surface area (TPSA) is 90.0 Å². The molecule has 214 valence electrons. The second kappa shape index (κ2) is 12.3. The van der Waals surface area contributed by atoms with E-state index < -0.39 is 21.9 Å². The summed E-state index contributed by atoms with van der Waals surface area (Å²) in [7, 11) is -3.37. The van der Waals surface area contributed by atoms with Crippen molar-refractivity contribution in [2.45, 2.75) is 57.7 Å². The maximum absolute atomic E-state index is 12.9. The molecule has 2 amide bonds. The van der Waals surface area contributed by atoms with Crippen LogP contribution in [0, 0.1) is 17.8 Å². The first-order valence-corrected chi connectivity index (χ1v) is 14.9. The molecule has 1 aromatic carbocycles. The van der Waals surface area contributed by atoms with Crippen molar-refractivity contribution in [2.75, 3.05) is 39.3 Å². The van der Waals surface area contributed by atoms with Crippen LogP contribution in [0.1, 0.15) is 57.5 Å². The van der Waals surface area contributed by atoms with Crippen LogP contribution in [0.15, 0.2) is 24.3 Å². The number of carbonyl (C=O) groups is 2. The predicted octanol–water partition coefficient (Wildman–Crippen LogP) is 3.49. The van der Waals surface area contributed by atoms with Gasteiger partial charge in [-0.1, -0.05) is 31.4 Å². The van der Waals surface area contributed by atoms with E-state index in [1.807, 2.05) is 4.90 Å². The highest BCUT2D eigenvalue weighted by atomic mass is 32.2. The summed E-state index contributed by atoms with van der Waals surface area (Å²) in [6, 6.07) is 4.64. The molecule has 4 aliphatic rings. The van der Waals surface area contributed by atoms with E-state index in [9.17, 15) is 31.2 Å². The number of amides is 2. The Bertz CT molecular complexity index is 1060. The van der Waals surface area contributed by atoms with E-state index in [2.05, 4.69) is 5.32 Å². The summed E-state index contributed by atoms with van der Waals surface area (Å²) in [5.41, 5.74) is -0.0579. The molecule has 1 atom stereocenters. The first kappa shape index (κ1) is 28.8.